The lowest BCUT2D eigenvalue weighted by atomic mass is 10.2. The fraction of sp³-hybridized carbons (Fsp3) is 0.364. The summed E-state index contributed by atoms with van der Waals surface area (Å²) in [5.41, 5.74) is 0.750. The van der Waals surface area contributed by atoms with Crippen molar-refractivity contribution >= 4 is 11.8 Å². The Balaban J connectivity index is 2.05. The Morgan fingerprint density at radius 1 is 1.19 bits per heavy atom. The number of carbonyl (C=O) groups is 1. The van der Waals surface area contributed by atoms with Crippen LogP contribution in [0.15, 0.2) is 24.3 Å². The van der Waals surface area contributed by atoms with Gasteiger partial charge >= 0.3 is 0 Å². The predicted molar refractivity (Wildman–Crippen MR) is 57.3 cm³/mol. The Morgan fingerprint density at radius 2 is 1.81 bits per heavy atom. The van der Waals surface area contributed by atoms with Crippen LogP contribution in [0.1, 0.15) is 0 Å². The molecule has 1 heterocycles. The molecule has 5 nitrogen and oxygen atoms in total. The van der Waals surface area contributed by atoms with Gasteiger partial charge in [-0.25, -0.2) is 0 Å². The van der Waals surface area contributed by atoms with Crippen LogP contribution in [0.25, 0.3) is 0 Å². The number of piperazine rings is 1. The smallest absolute Gasteiger partial charge is 0.138 e. The highest BCUT2D eigenvalue weighted by Crippen LogP contribution is 2.26. The largest absolute Gasteiger partial charge is 0.530 e. The van der Waals surface area contributed by atoms with Crippen molar-refractivity contribution in [1.82, 2.24) is 4.90 Å². The van der Waals surface area contributed by atoms with E-state index in [1.54, 1.807) is 12.1 Å². The summed E-state index contributed by atoms with van der Waals surface area (Å²) in [6.45, 7) is 1.98. The van der Waals surface area contributed by atoms with Crippen molar-refractivity contribution in [2.45, 2.75) is 0 Å². The van der Waals surface area contributed by atoms with Gasteiger partial charge in [0.1, 0.15) is 11.8 Å². The minimum Gasteiger partial charge on any atom is -0.530 e. The molecule has 1 saturated heterocycles. The molecule has 1 fully saturated rings. The maximum absolute atomic E-state index is 10.6. The van der Waals surface area contributed by atoms with Crippen LogP contribution < -0.4 is 10.0 Å². The molecule has 0 radical (unpaired) electrons. The number of rotatable bonds is 1. The van der Waals surface area contributed by atoms with Gasteiger partial charge in [0.2, 0.25) is 0 Å². The molecule has 0 atom stereocenters. The number of anilines is 1. The molecule has 1 aliphatic rings. The number of benzene rings is 1. The first-order valence-electron chi connectivity index (χ1n) is 5.17. The van der Waals surface area contributed by atoms with E-state index in [4.69, 9.17) is 0 Å². The quantitative estimate of drug-likeness (QED) is 0.716. The molecule has 0 bridgehead atoms. The molecule has 2 rings (SSSR count). The van der Waals surface area contributed by atoms with Crippen LogP contribution in [0.2, 0.25) is 0 Å². The molecule has 1 amide bonds. The van der Waals surface area contributed by atoms with Gasteiger partial charge in [-0.3, -0.25) is 0 Å². The van der Waals surface area contributed by atoms with E-state index in [-0.39, 0.29) is 5.75 Å². The number of hydrogen-bond acceptors (Lipinski definition) is 4. The van der Waals surface area contributed by atoms with Crippen molar-refractivity contribution in [3.63, 3.8) is 0 Å². The third kappa shape index (κ3) is 2.03. The van der Waals surface area contributed by atoms with Gasteiger partial charge in [-0.15, -0.1) is 0 Å². The van der Waals surface area contributed by atoms with E-state index in [0.717, 1.165) is 5.69 Å². The summed E-state index contributed by atoms with van der Waals surface area (Å²) in [6.07, 6.45) is -1.13. The van der Waals surface area contributed by atoms with Gasteiger partial charge in [0, 0.05) is 26.2 Å². The van der Waals surface area contributed by atoms with E-state index in [1.165, 1.54) is 4.90 Å². The maximum atomic E-state index is 10.6. The van der Waals surface area contributed by atoms with Crippen LogP contribution in [-0.2, 0) is 0 Å². The minimum absolute atomic E-state index is 0.226. The van der Waals surface area contributed by atoms with Crippen molar-refractivity contribution in [3.05, 3.63) is 24.3 Å². The lowest BCUT2D eigenvalue weighted by Crippen LogP contribution is -2.52. The predicted octanol–water partition coefficient (Wildman–Crippen LogP) is -0.143. The van der Waals surface area contributed by atoms with Crippen LogP contribution >= 0.6 is 0 Å². The first kappa shape index (κ1) is 10.6. The zero-order chi connectivity index (χ0) is 11.5. The average molecular weight is 221 g/mol. The highest BCUT2D eigenvalue weighted by molar-refractivity contribution is 5.64. The molecule has 5 heteroatoms. The summed E-state index contributed by atoms with van der Waals surface area (Å²) < 4.78 is 0. The second-order valence-corrected chi connectivity index (χ2v) is 3.73. The molecule has 0 aliphatic carbocycles. The van der Waals surface area contributed by atoms with Crippen molar-refractivity contribution in [1.29, 1.82) is 0 Å². The fourth-order valence-electron chi connectivity index (χ4n) is 1.86. The third-order valence-corrected chi connectivity index (χ3v) is 2.76. The Bertz CT molecular complexity index is 387. The fourth-order valence-corrected chi connectivity index (χ4v) is 1.86. The molecular weight excluding hydrogens is 208 g/mol. The SMILES string of the molecule is O=C([O-])N1CCN(c2ccccc2O)CC1. The first-order valence-corrected chi connectivity index (χ1v) is 5.17. The molecule has 1 aliphatic heterocycles. The molecule has 1 aromatic rings. The highest BCUT2D eigenvalue weighted by Gasteiger charge is 2.18. The Labute approximate surface area is 93.5 Å². The second-order valence-electron chi connectivity index (χ2n) is 3.73. The number of phenols is 1. The number of carbonyl (C=O) groups excluding carboxylic acids is 1. The maximum Gasteiger partial charge on any atom is 0.138 e. The van der Waals surface area contributed by atoms with Crippen molar-refractivity contribution < 1.29 is 15.0 Å². The molecule has 1 N–H and O–H groups in total. The normalized spacial score (nSPS) is 16.2. The number of hydrogen-bond donors (Lipinski definition) is 1. The van der Waals surface area contributed by atoms with Crippen LogP contribution in [-0.4, -0.2) is 42.3 Å². The van der Waals surface area contributed by atoms with E-state index in [2.05, 4.69) is 0 Å². The van der Waals surface area contributed by atoms with Crippen LogP contribution in [0.4, 0.5) is 10.5 Å². The van der Waals surface area contributed by atoms with Gasteiger partial charge < -0.3 is 24.8 Å². The monoisotopic (exact) mass is 221 g/mol. The first-order chi connectivity index (χ1) is 7.68. The van der Waals surface area contributed by atoms with E-state index in [0.29, 0.717) is 26.2 Å². The molecule has 16 heavy (non-hydrogen) atoms. The molecule has 0 unspecified atom stereocenters. The summed E-state index contributed by atoms with van der Waals surface area (Å²) >= 11 is 0. The van der Waals surface area contributed by atoms with E-state index in [1.807, 2.05) is 17.0 Å². The van der Waals surface area contributed by atoms with Gasteiger partial charge in [-0.1, -0.05) is 12.1 Å². The summed E-state index contributed by atoms with van der Waals surface area (Å²) in [6, 6.07) is 7.06. The molecule has 0 spiro atoms. The lowest BCUT2D eigenvalue weighted by Gasteiger charge is -2.37. The van der Waals surface area contributed by atoms with E-state index < -0.39 is 6.09 Å². The Kier molecular flexibility index (Phi) is 2.85. The van der Waals surface area contributed by atoms with Crippen molar-refractivity contribution in [3.8, 4) is 5.75 Å². The number of aromatic hydroxyl groups is 1. The molecule has 0 aromatic heterocycles. The summed E-state index contributed by atoms with van der Waals surface area (Å²) in [7, 11) is 0. The highest BCUT2D eigenvalue weighted by atomic mass is 16.4. The van der Waals surface area contributed by atoms with E-state index >= 15 is 0 Å². The van der Waals surface area contributed by atoms with Gasteiger partial charge in [0.25, 0.3) is 0 Å². The molecular formula is C11H13N2O3-. The van der Waals surface area contributed by atoms with Gasteiger partial charge in [0.05, 0.1) is 5.69 Å². The number of para-hydroxylation sites is 2. The molecule has 86 valence electrons. The summed E-state index contributed by atoms with van der Waals surface area (Å²) in [4.78, 5) is 13.9. The van der Waals surface area contributed by atoms with Gasteiger partial charge in [-0.05, 0) is 12.1 Å². The van der Waals surface area contributed by atoms with Crippen LogP contribution in [0.5, 0.6) is 5.75 Å². The van der Waals surface area contributed by atoms with Crippen molar-refractivity contribution in [2.24, 2.45) is 0 Å². The van der Waals surface area contributed by atoms with E-state index in [9.17, 15) is 15.0 Å². The standard InChI is InChI=1S/C11H14N2O3/c14-10-4-2-1-3-9(10)12-5-7-13(8-6-12)11(15)16/h1-4,14H,5-8H2,(H,15,16)/p-1. The Hall–Kier alpha value is -1.91. The average Bonchev–Trinajstić information content (AvgIpc) is 2.30. The Morgan fingerprint density at radius 3 is 2.38 bits per heavy atom. The zero-order valence-electron chi connectivity index (χ0n) is 8.80. The molecule has 1 aromatic carbocycles. The van der Waals surface area contributed by atoms with Crippen LogP contribution in [0.3, 0.4) is 0 Å². The number of amides is 1. The molecule has 0 saturated carbocycles. The van der Waals surface area contributed by atoms with Gasteiger partial charge in [0.15, 0.2) is 0 Å². The summed E-state index contributed by atoms with van der Waals surface area (Å²) in [5.74, 6) is 0.226. The van der Waals surface area contributed by atoms with Gasteiger partial charge in [-0.2, -0.15) is 0 Å². The minimum atomic E-state index is -1.13. The van der Waals surface area contributed by atoms with Crippen molar-refractivity contribution in [2.75, 3.05) is 31.1 Å². The number of phenolic OH excluding ortho intramolecular Hbond substituents is 1. The number of nitrogens with zero attached hydrogens (tertiary/aromatic N) is 2. The number of carboxylic acid groups (broad SMARTS) is 1. The summed E-state index contributed by atoms with van der Waals surface area (Å²) in [5, 5.41) is 20.3. The zero-order valence-corrected chi connectivity index (χ0v) is 8.80. The topological polar surface area (TPSA) is 66.8 Å². The van der Waals surface area contributed by atoms with Crippen LogP contribution in [0, 0.1) is 0 Å². The third-order valence-electron chi connectivity index (χ3n) is 2.76. The second kappa shape index (κ2) is 4.30. The lowest BCUT2D eigenvalue weighted by molar-refractivity contribution is -0.265.